The Morgan fingerprint density at radius 2 is 2.00 bits per heavy atom. The van der Waals surface area contributed by atoms with Gasteiger partial charge in [-0.25, -0.2) is 4.79 Å². The van der Waals surface area contributed by atoms with Crippen LogP contribution in [0.1, 0.15) is 47.0 Å². The van der Waals surface area contributed by atoms with Crippen LogP contribution in [0.15, 0.2) is 0 Å². The normalized spacial score (nSPS) is 13.4. The van der Waals surface area contributed by atoms with Gasteiger partial charge in [0.2, 0.25) is 0 Å². The molecule has 0 radical (unpaired) electrons. The second kappa shape index (κ2) is 6.67. The van der Waals surface area contributed by atoms with Gasteiger partial charge in [0.05, 0.1) is 6.61 Å². The zero-order chi connectivity index (χ0) is 11.9. The molecule has 90 valence electrons. The molecular formula is C11H24N2O2. The minimum Gasteiger partial charge on any atom is -0.450 e. The maximum Gasteiger partial charge on any atom is 0.407 e. The van der Waals surface area contributed by atoms with Crippen LogP contribution >= 0.6 is 0 Å². The molecule has 0 aliphatic rings. The molecule has 0 aliphatic heterocycles. The Morgan fingerprint density at radius 1 is 1.40 bits per heavy atom. The third-order valence-corrected chi connectivity index (χ3v) is 1.76. The first-order chi connectivity index (χ1) is 6.81. The molecule has 0 aromatic carbocycles. The van der Waals surface area contributed by atoms with Crippen LogP contribution in [0.5, 0.6) is 0 Å². The standard InChI is InChI=1S/C11H24N2O2/c1-9(12)7-5-6-8-15-10(14)13-11(2,3)4/h9H,5-8,12H2,1-4H3,(H,13,14)/t9-/m1/s1. The lowest BCUT2D eigenvalue weighted by Crippen LogP contribution is -2.41. The first-order valence-electron chi connectivity index (χ1n) is 5.52. The average molecular weight is 216 g/mol. The molecule has 0 spiro atoms. The van der Waals surface area contributed by atoms with Crippen molar-refractivity contribution in [2.24, 2.45) is 5.73 Å². The molecule has 0 fully saturated rings. The molecular weight excluding hydrogens is 192 g/mol. The van der Waals surface area contributed by atoms with Crippen LogP contribution in [0.2, 0.25) is 0 Å². The number of carbonyl (C=O) groups excluding carboxylic acids is 1. The molecule has 4 heteroatoms. The number of carbonyl (C=O) groups is 1. The fraction of sp³-hybridized carbons (Fsp3) is 0.909. The Bertz CT molecular complexity index is 186. The fourth-order valence-electron chi connectivity index (χ4n) is 1.08. The summed E-state index contributed by atoms with van der Waals surface area (Å²) in [7, 11) is 0. The van der Waals surface area contributed by atoms with Crippen LogP contribution in [0, 0.1) is 0 Å². The first kappa shape index (κ1) is 14.2. The van der Waals surface area contributed by atoms with Gasteiger partial charge >= 0.3 is 6.09 Å². The highest BCUT2D eigenvalue weighted by Crippen LogP contribution is 2.01. The zero-order valence-corrected chi connectivity index (χ0v) is 10.3. The Balaban J connectivity index is 3.40. The lowest BCUT2D eigenvalue weighted by Gasteiger charge is -2.19. The molecule has 0 aromatic rings. The fourth-order valence-corrected chi connectivity index (χ4v) is 1.08. The summed E-state index contributed by atoms with van der Waals surface area (Å²) in [5.41, 5.74) is 5.36. The molecule has 0 aromatic heterocycles. The molecule has 0 saturated carbocycles. The van der Waals surface area contributed by atoms with Crippen molar-refractivity contribution in [3.8, 4) is 0 Å². The highest BCUT2D eigenvalue weighted by molar-refractivity contribution is 5.67. The number of nitrogens with one attached hydrogen (secondary N) is 1. The number of amides is 1. The molecule has 15 heavy (non-hydrogen) atoms. The van der Waals surface area contributed by atoms with Gasteiger partial charge in [-0.05, 0) is 47.0 Å². The van der Waals surface area contributed by atoms with Gasteiger partial charge in [0, 0.05) is 11.6 Å². The number of rotatable bonds is 5. The third kappa shape index (κ3) is 11.2. The van der Waals surface area contributed by atoms with E-state index in [1.54, 1.807) is 0 Å². The van der Waals surface area contributed by atoms with Crippen LogP contribution in [0.25, 0.3) is 0 Å². The van der Waals surface area contributed by atoms with Gasteiger partial charge in [-0.2, -0.15) is 0 Å². The quantitative estimate of drug-likeness (QED) is 0.691. The van der Waals surface area contributed by atoms with E-state index >= 15 is 0 Å². The summed E-state index contributed by atoms with van der Waals surface area (Å²) in [5, 5.41) is 2.73. The summed E-state index contributed by atoms with van der Waals surface area (Å²) < 4.78 is 5.01. The van der Waals surface area contributed by atoms with Gasteiger partial charge in [-0.15, -0.1) is 0 Å². The SMILES string of the molecule is C[C@@H](N)CCCCOC(=O)NC(C)(C)C. The third-order valence-electron chi connectivity index (χ3n) is 1.76. The highest BCUT2D eigenvalue weighted by atomic mass is 16.5. The summed E-state index contributed by atoms with van der Waals surface area (Å²) >= 11 is 0. The molecule has 0 aliphatic carbocycles. The summed E-state index contributed by atoms with van der Waals surface area (Å²) in [6.07, 6.45) is 2.51. The van der Waals surface area contributed by atoms with Crippen LogP contribution < -0.4 is 11.1 Å². The molecule has 0 heterocycles. The molecule has 0 rings (SSSR count). The molecule has 1 amide bonds. The number of ether oxygens (including phenoxy) is 1. The summed E-state index contributed by atoms with van der Waals surface area (Å²) in [5.74, 6) is 0. The van der Waals surface area contributed by atoms with Crippen molar-refractivity contribution in [1.29, 1.82) is 0 Å². The van der Waals surface area contributed by atoms with Crippen molar-refractivity contribution in [2.45, 2.75) is 58.5 Å². The minimum atomic E-state index is -0.344. The van der Waals surface area contributed by atoms with E-state index in [1.807, 2.05) is 27.7 Å². The van der Waals surface area contributed by atoms with Crippen LogP contribution in [0.4, 0.5) is 4.79 Å². The number of nitrogens with two attached hydrogens (primary N) is 1. The van der Waals surface area contributed by atoms with Crippen molar-refractivity contribution in [2.75, 3.05) is 6.61 Å². The summed E-state index contributed by atoms with van der Waals surface area (Å²) in [4.78, 5) is 11.2. The monoisotopic (exact) mass is 216 g/mol. The largest absolute Gasteiger partial charge is 0.450 e. The molecule has 0 saturated heterocycles. The van der Waals surface area contributed by atoms with Crippen LogP contribution in [-0.4, -0.2) is 24.3 Å². The maximum absolute atomic E-state index is 11.2. The van der Waals surface area contributed by atoms with Gasteiger partial charge in [-0.3, -0.25) is 0 Å². The number of unbranched alkanes of at least 4 members (excludes halogenated alkanes) is 1. The van der Waals surface area contributed by atoms with Gasteiger partial charge < -0.3 is 15.8 Å². The smallest absolute Gasteiger partial charge is 0.407 e. The van der Waals surface area contributed by atoms with Gasteiger partial charge in [0.25, 0.3) is 0 Å². The Morgan fingerprint density at radius 3 is 2.47 bits per heavy atom. The van der Waals surface area contributed by atoms with Gasteiger partial charge in [0.1, 0.15) is 0 Å². The minimum absolute atomic E-state index is 0.230. The van der Waals surface area contributed by atoms with Crippen LogP contribution in [-0.2, 0) is 4.74 Å². The predicted molar refractivity (Wildman–Crippen MR) is 61.7 cm³/mol. The van der Waals surface area contributed by atoms with E-state index in [4.69, 9.17) is 10.5 Å². The van der Waals surface area contributed by atoms with Crippen molar-refractivity contribution in [3.63, 3.8) is 0 Å². The van der Waals surface area contributed by atoms with Crippen molar-refractivity contribution in [1.82, 2.24) is 5.32 Å². The maximum atomic E-state index is 11.2. The lowest BCUT2D eigenvalue weighted by atomic mass is 10.1. The topological polar surface area (TPSA) is 64.3 Å². The Labute approximate surface area is 92.6 Å². The zero-order valence-electron chi connectivity index (χ0n) is 10.3. The average Bonchev–Trinajstić information content (AvgIpc) is 1.99. The van der Waals surface area contributed by atoms with Crippen molar-refractivity contribution in [3.05, 3.63) is 0 Å². The molecule has 3 N–H and O–H groups in total. The molecule has 4 nitrogen and oxygen atoms in total. The van der Waals surface area contributed by atoms with Crippen molar-refractivity contribution >= 4 is 6.09 Å². The van der Waals surface area contributed by atoms with Crippen LogP contribution in [0.3, 0.4) is 0 Å². The second-order valence-electron chi connectivity index (χ2n) is 4.98. The van der Waals surface area contributed by atoms with Gasteiger partial charge in [0.15, 0.2) is 0 Å². The summed E-state index contributed by atoms with van der Waals surface area (Å²) in [6.45, 7) is 8.21. The van der Waals surface area contributed by atoms with Gasteiger partial charge in [-0.1, -0.05) is 0 Å². The first-order valence-corrected chi connectivity index (χ1v) is 5.52. The van der Waals surface area contributed by atoms with E-state index in [2.05, 4.69) is 5.32 Å². The van der Waals surface area contributed by atoms with E-state index in [1.165, 1.54) is 0 Å². The molecule has 0 bridgehead atoms. The van der Waals surface area contributed by atoms with E-state index < -0.39 is 0 Å². The number of alkyl carbamates (subject to hydrolysis) is 1. The predicted octanol–water partition coefficient (Wildman–Crippen LogP) is 2.03. The van der Waals surface area contributed by atoms with E-state index in [-0.39, 0.29) is 17.7 Å². The second-order valence-corrected chi connectivity index (χ2v) is 4.98. The van der Waals surface area contributed by atoms with E-state index in [0.717, 1.165) is 19.3 Å². The molecule has 1 atom stereocenters. The summed E-state index contributed by atoms with van der Waals surface area (Å²) in [6, 6.07) is 0.230. The number of hydrogen-bond acceptors (Lipinski definition) is 3. The lowest BCUT2D eigenvalue weighted by molar-refractivity contribution is 0.135. The van der Waals surface area contributed by atoms with E-state index in [9.17, 15) is 4.79 Å². The number of hydrogen-bond donors (Lipinski definition) is 2. The molecule has 0 unspecified atom stereocenters. The van der Waals surface area contributed by atoms with Crippen molar-refractivity contribution < 1.29 is 9.53 Å². The Hall–Kier alpha value is -0.770. The van der Waals surface area contributed by atoms with E-state index in [0.29, 0.717) is 6.61 Å². The highest BCUT2D eigenvalue weighted by Gasteiger charge is 2.13. The Kier molecular flexibility index (Phi) is 6.32.